The highest BCUT2D eigenvalue weighted by molar-refractivity contribution is 5.98. The van der Waals surface area contributed by atoms with E-state index in [1.807, 2.05) is 0 Å². The molecule has 0 radical (unpaired) electrons. The van der Waals surface area contributed by atoms with Gasteiger partial charge in [-0.2, -0.15) is 0 Å². The fraction of sp³-hybridized carbons (Fsp3) is 0.526. The van der Waals surface area contributed by atoms with E-state index in [0.717, 1.165) is 19.3 Å². The first-order chi connectivity index (χ1) is 11.9. The van der Waals surface area contributed by atoms with Crippen LogP contribution in [0.3, 0.4) is 0 Å². The van der Waals surface area contributed by atoms with Crippen molar-refractivity contribution in [2.75, 3.05) is 5.32 Å². The second kappa shape index (κ2) is 11.2. The Morgan fingerprint density at radius 2 is 1.60 bits per heavy atom. The molecule has 6 nitrogen and oxygen atoms in total. The monoisotopic (exact) mass is 347 g/mol. The van der Waals surface area contributed by atoms with E-state index in [1.165, 1.54) is 26.2 Å². The van der Waals surface area contributed by atoms with Gasteiger partial charge >= 0.3 is 0 Å². The molecule has 0 saturated heterocycles. The van der Waals surface area contributed by atoms with Gasteiger partial charge in [-0.25, -0.2) is 0 Å². The molecule has 0 aliphatic carbocycles. The van der Waals surface area contributed by atoms with Crippen molar-refractivity contribution in [3.05, 3.63) is 29.8 Å². The Morgan fingerprint density at radius 3 is 2.16 bits per heavy atom. The summed E-state index contributed by atoms with van der Waals surface area (Å²) in [5, 5.41) is 5.33. The highest BCUT2D eigenvalue weighted by atomic mass is 16.2. The van der Waals surface area contributed by atoms with E-state index in [-0.39, 0.29) is 11.8 Å². The molecule has 0 aliphatic heterocycles. The maximum atomic E-state index is 12.3. The van der Waals surface area contributed by atoms with Gasteiger partial charge in [0.25, 0.3) is 5.91 Å². The molecule has 3 amide bonds. The number of hydrogen-bond donors (Lipinski definition) is 3. The van der Waals surface area contributed by atoms with Crippen LogP contribution in [0, 0.1) is 0 Å². The minimum Gasteiger partial charge on any atom is -0.368 e. The highest BCUT2D eigenvalue weighted by Gasteiger charge is 2.18. The summed E-state index contributed by atoms with van der Waals surface area (Å²) < 4.78 is 0. The van der Waals surface area contributed by atoms with Crippen molar-refractivity contribution in [2.24, 2.45) is 5.73 Å². The number of amides is 3. The van der Waals surface area contributed by atoms with Gasteiger partial charge in [0.15, 0.2) is 0 Å². The summed E-state index contributed by atoms with van der Waals surface area (Å²) in [6.45, 7) is 3.59. The Hall–Kier alpha value is -2.37. The first-order valence-corrected chi connectivity index (χ1v) is 8.92. The van der Waals surface area contributed by atoms with E-state index >= 15 is 0 Å². The third-order valence-electron chi connectivity index (χ3n) is 3.96. The molecule has 0 saturated carbocycles. The lowest BCUT2D eigenvalue weighted by Gasteiger charge is -2.15. The predicted molar refractivity (Wildman–Crippen MR) is 99.2 cm³/mol. The van der Waals surface area contributed by atoms with Gasteiger partial charge in [0.2, 0.25) is 11.8 Å². The van der Waals surface area contributed by atoms with Gasteiger partial charge in [-0.3, -0.25) is 14.4 Å². The number of benzene rings is 1. The van der Waals surface area contributed by atoms with Crippen LogP contribution in [0.4, 0.5) is 5.69 Å². The number of carbonyl (C=O) groups is 3. The summed E-state index contributed by atoms with van der Waals surface area (Å²) in [4.78, 5) is 34.8. The van der Waals surface area contributed by atoms with E-state index in [4.69, 9.17) is 5.73 Å². The topological polar surface area (TPSA) is 101 Å². The van der Waals surface area contributed by atoms with Crippen LogP contribution in [0.25, 0.3) is 0 Å². The van der Waals surface area contributed by atoms with Crippen LogP contribution in [0.15, 0.2) is 24.3 Å². The number of unbranched alkanes of at least 4 members (excludes halogenated alkanes) is 5. The molecule has 25 heavy (non-hydrogen) atoms. The number of anilines is 1. The molecular formula is C19H29N3O3. The molecular weight excluding hydrogens is 318 g/mol. The maximum Gasteiger partial charge on any atom is 0.251 e. The highest BCUT2D eigenvalue weighted by Crippen LogP contribution is 2.11. The third-order valence-corrected chi connectivity index (χ3v) is 3.96. The van der Waals surface area contributed by atoms with Crippen LogP contribution in [-0.2, 0) is 9.59 Å². The molecule has 1 rings (SSSR count). The molecule has 6 heteroatoms. The molecule has 1 aromatic carbocycles. The number of primary amides is 1. The molecule has 0 aliphatic rings. The second-order valence-electron chi connectivity index (χ2n) is 6.24. The Kier molecular flexibility index (Phi) is 9.29. The smallest absolute Gasteiger partial charge is 0.251 e. The number of carbonyl (C=O) groups excluding carboxylic acids is 3. The van der Waals surface area contributed by atoms with Gasteiger partial charge in [-0.15, -0.1) is 0 Å². The summed E-state index contributed by atoms with van der Waals surface area (Å²) in [5.74, 6) is -1.04. The summed E-state index contributed by atoms with van der Waals surface area (Å²) >= 11 is 0. The summed E-state index contributed by atoms with van der Waals surface area (Å²) in [5.41, 5.74) is 6.44. The molecule has 138 valence electrons. The van der Waals surface area contributed by atoms with Crippen LogP contribution in [0.2, 0.25) is 0 Å². The van der Waals surface area contributed by atoms with Gasteiger partial charge < -0.3 is 16.4 Å². The fourth-order valence-electron chi connectivity index (χ4n) is 2.56. The largest absolute Gasteiger partial charge is 0.368 e. The Balaban J connectivity index is 2.49. The van der Waals surface area contributed by atoms with Gasteiger partial charge in [0, 0.05) is 18.2 Å². The zero-order valence-corrected chi connectivity index (χ0v) is 15.1. The molecule has 0 fully saturated rings. The standard InChI is InChI=1S/C19H29N3O3/c1-3-4-5-6-7-8-9-17(18(20)24)22-19(25)15-10-12-16(13-11-15)21-14(2)23/h10-13,17H,3-9H2,1-2H3,(H2,20,24)(H,21,23)(H,22,25)/t17-/m0/s1. The van der Waals surface area contributed by atoms with Crippen molar-refractivity contribution in [3.63, 3.8) is 0 Å². The van der Waals surface area contributed by atoms with Crippen LogP contribution < -0.4 is 16.4 Å². The fourth-order valence-corrected chi connectivity index (χ4v) is 2.56. The van der Waals surface area contributed by atoms with E-state index < -0.39 is 11.9 Å². The minimum atomic E-state index is -0.659. The van der Waals surface area contributed by atoms with Crippen LogP contribution in [-0.4, -0.2) is 23.8 Å². The Labute approximate surface area is 149 Å². The molecule has 0 aromatic heterocycles. The Morgan fingerprint density at radius 1 is 1.00 bits per heavy atom. The van der Waals surface area contributed by atoms with Crippen LogP contribution in [0.5, 0.6) is 0 Å². The quantitative estimate of drug-likeness (QED) is 0.536. The van der Waals surface area contributed by atoms with Crippen molar-refractivity contribution < 1.29 is 14.4 Å². The van der Waals surface area contributed by atoms with E-state index in [2.05, 4.69) is 17.6 Å². The predicted octanol–water partition coefficient (Wildman–Crippen LogP) is 2.98. The minimum absolute atomic E-state index is 0.176. The number of nitrogens with two attached hydrogens (primary N) is 1. The molecule has 0 heterocycles. The molecule has 0 spiro atoms. The van der Waals surface area contributed by atoms with Gasteiger partial charge in [0.1, 0.15) is 6.04 Å². The summed E-state index contributed by atoms with van der Waals surface area (Å²) in [6, 6.07) is 5.83. The first kappa shape index (κ1) is 20.7. The van der Waals surface area contributed by atoms with Crippen molar-refractivity contribution in [1.29, 1.82) is 0 Å². The zero-order chi connectivity index (χ0) is 18.7. The van der Waals surface area contributed by atoms with E-state index in [1.54, 1.807) is 24.3 Å². The average molecular weight is 347 g/mol. The van der Waals surface area contributed by atoms with Gasteiger partial charge in [0.05, 0.1) is 0 Å². The zero-order valence-electron chi connectivity index (χ0n) is 15.1. The second-order valence-corrected chi connectivity index (χ2v) is 6.24. The van der Waals surface area contributed by atoms with Crippen LogP contribution >= 0.6 is 0 Å². The first-order valence-electron chi connectivity index (χ1n) is 8.92. The van der Waals surface area contributed by atoms with E-state index in [9.17, 15) is 14.4 Å². The van der Waals surface area contributed by atoms with Crippen molar-refractivity contribution in [2.45, 2.75) is 64.8 Å². The molecule has 0 bridgehead atoms. The van der Waals surface area contributed by atoms with Gasteiger partial charge in [-0.1, -0.05) is 45.4 Å². The molecule has 4 N–H and O–H groups in total. The number of nitrogens with one attached hydrogen (secondary N) is 2. The number of hydrogen-bond acceptors (Lipinski definition) is 3. The maximum absolute atomic E-state index is 12.3. The Bertz CT molecular complexity index is 570. The number of rotatable bonds is 11. The lowest BCUT2D eigenvalue weighted by molar-refractivity contribution is -0.120. The molecule has 0 unspecified atom stereocenters. The summed E-state index contributed by atoms with van der Waals surface area (Å²) in [7, 11) is 0. The molecule has 1 aromatic rings. The average Bonchev–Trinajstić information content (AvgIpc) is 2.56. The van der Waals surface area contributed by atoms with Crippen molar-refractivity contribution >= 4 is 23.4 Å². The molecule has 1 atom stereocenters. The normalized spacial score (nSPS) is 11.6. The van der Waals surface area contributed by atoms with Crippen molar-refractivity contribution in [3.8, 4) is 0 Å². The third kappa shape index (κ3) is 8.33. The lowest BCUT2D eigenvalue weighted by atomic mass is 10.0. The van der Waals surface area contributed by atoms with Crippen molar-refractivity contribution in [1.82, 2.24) is 5.32 Å². The summed E-state index contributed by atoms with van der Waals surface area (Å²) in [6.07, 6.45) is 7.20. The lowest BCUT2D eigenvalue weighted by Crippen LogP contribution is -2.44. The van der Waals surface area contributed by atoms with Crippen LogP contribution in [0.1, 0.15) is 69.2 Å². The van der Waals surface area contributed by atoms with Gasteiger partial charge in [-0.05, 0) is 30.7 Å². The van der Waals surface area contributed by atoms with E-state index in [0.29, 0.717) is 17.7 Å². The SMILES string of the molecule is CCCCCCCC[C@H](NC(=O)c1ccc(NC(C)=O)cc1)C(N)=O.